The molecule has 1 atom stereocenters. The first-order valence-corrected chi connectivity index (χ1v) is 5.75. The van der Waals surface area contributed by atoms with Gasteiger partial charge in [-0.25, -0.2) is 4.79 Å². The van der Waals surface area contributed by atoms with Gasteiger partial charge in [0.2, 0.25) is 0 Å². The molecule has 1 rings (SSSR count). The summed E-state index contributed by atoms with van der Waals surface area (Å²) < 4.78 is 6.32. The lowest BCUT2D eigenvalue weighted by atomic mass is 10.1. The van der Waals surface area contributed by atoms with Crippen LogP contribution in [0.4, 0.5) is 0 Å². The van der Waals surface area contributed by atoms with Crippen LogP contribution in [-0.4, -0.2) is 9.72 Å². The van der Waals surface area contributed by atoms with E-state index in [-0.39, 0.29) is 11.8 Å². The SMILES string of the molecule is CCCCCC(CC)n1c(C)noc1=O. The van der Waals surface area contributed by atoms with Gasteiger partial charge in [-0.15, -0.1) is 0 Å². The average Bonchev–Trinajstić information content (AvgIpc) is 2.55. The van der Waals surface area contributed by atoms with E-state index in [2.05, 4.69) is 23.5 Å². The zero-order valence-electron chi connectivity index (χ0n) is 9.82. The summed E-state index contributed by atoms with van der Waals surface area (Å²) in [7, 11) is 0. The molecule has 0 aliphatic rings. The predicted molar refractivity (Wildman–Crippen MR) is 59.0 cm³/mol. The molecule has 1 aromatic heterocycles. The summed E-state index contributed by atoms with van der Waals surface area (Å²) in [6.45, 7) is 6.08. The topological polar surface area (TPSA) is 48.0 Å². The van der Waals surface area contributed by atoms with Crippen LogP contribution in [0.3, 0.4) is 0 Å². The Morgan fingerprint density at radius 1 is 1.40 bits per heavy atom. The molecule has 0 saturated heterocycles. The molecule has 0 saturated carbocycles. The van der Waals surface area contributed by atoms with Crippen LogP contribution in [0.25, 0.3) is 0 Å². The standard InChI is InChI=1S/C11H20N2O2/c1-4-6-7-8-10(5-2)13-9(3)12-15-11(13)14/h10H,4-8H2,1-3H3. The van der Waals surface area contributed by atoms with Gasteiger partial charge in [-0.2, -0.15) is 0 Å². The van der Waals surface area contributed by atoms with Gasteiger partial charge in [0.1, 0.15) is 0 Å². The molecule has 15 heavy (non-hydrogen) atoms. The highest BCUT2D eigenvalue weighted by atomic mass is 16.5. The summed E-state index contributed by atoms with van der Waals surface area (Å²) in [6.07, 6.45) is 5.56. The van der Waals surface area contributed by atoms with Crippen molar-refractivity contribution in [3.63, 3.8) is 0 Å². The molecule has 1 heterocycles. The van der Waals surface area contributed by atoms with Gasteiger partial charge >= 0.3 is 5.76 Å². The van der Waals surface area contributed by atoms with Crippen molar-refractivity contribution in [3.05, 3.63) is 16.4 Å². The van der Waals surface area contributed by atoms with Gasteiger partial charge in [0.05, 0.1) is 0 Å². The highest BCUT2D eigenvalue weighted by Crippen LogP contribution is 2.18. The molecule has 0 N–H and O–H groups in total. The summed E-state index contributed by atoms with van der Waals surface area (Å²) in [5.74, 6) is 0.360. The van der Waals surface area contributed by atoms with E-state index in [0.29, 0.717) is 5.82 Å². The lowest BCUT2D eigenvalue weighted by Gasteiger charge is -2.15. The Labute approximate surface area is 90.3 Å². The summed E-state index contributed by atoms with van der Waals surface area (Å²) in [5, 5.41) is 3.69. The quantitative estimate of drug-likeness (QED) is 0.681. The van der Waals surface area contributed by atoms with E-state index in [0.717, 1.165) is 19.3 Å². The van der Waals surface area contributed by atoms with Crippen molar-refractivity contribution in [2.75, 3.05) is 0 Å². The summed E-state index contributed by atoms with van der Waals surface area (Å²) in [4.78, 5) is 11.4. The number of aryl methyl sites for hydroxylation is 1. The van der Waals surface area contributed by atoms with Gasteiger partial charge in [-0.05, 0) is 19.8 Å². The van der Waals surface area contributed by atoms with Gasteiger partial charge in [-0.1, -0.05) is 38.3 Å². The van der Waals surface area contributed by atoms with E-state index < -0.39 is 0 Å². The molecular formula is C11H20N2O2. The van der Waals surface area contributed by atoms with Crippen LogP contribution in [-0.2, 0) is 0 Å². The molecule has 0 amide bonds. The molecule has 0 aliphatic heterocycles. The van der Waals surface area contributed by atoms with Crippen LogP contribution < -0.4 is 5.76 Å². The van der Waals surface area contributed by atoms with Gasteiger partial charge < -0.3 is 0 Å². The smallest absolute Gasteiger partial charge is 0.296 e. The summed E-state index contributed by atoms with van der Waals surface area (Å²) >= 11 is 0. The first-order valence-electron chi connectivity index (χ1n) is 5.75. The fraction of sp³-hybridized carbons (Fsp3) is 0.818. The minimum absolute atomic E-state index is 0.246. The number of unbranched alkanes of at least 4 members (excludes halogenated alkanes) is 2. The van der Waals surface area contributed by atoms with Crippen molar-refractivity contribution in [3.8, 4) is 0 Å². The largest absolute Gasteiger partial charge is 0.441 e. The van der Waals surface area contributed by atoms with Crippen molar-refractivity contribution in [2.45, 2.75) is 58.9 Å². The molecule has 1 aromatic rings. The van der Waals surface area contributed by atoms with Crippen molar-refractivity contribution < 1.29 is 4.52 Å². The molecule has 0 fully saturated rings. The summed E-state index contributed by atoms with van der Waals surface area (Å²) in [5.41, 5.74) is 0. The van der Waals surface area contributed by atoms with Crippen molar-refractivity contribution in [2.24, 2.45) is 0 Å². The van der Waals surface area contributed by atoms with Gasteiger partial charge in [0, 0.05) is 6.04 Å². The van der Waals surface area contributed by atoms with Gasteiger partial charge in [-0.3, -0.25) is 9.09 Å². The first-order chi connectivity index (χ1) is 7.20. The number of aromatic nitrogens is 2. The molecule has 0 bridgehead atoms. The third-order valence-electron chi connectivity index (χ3n) is 2.78. The lowest BCUT2D eigenvalue weighted by Crippen LogP contribution is -2.21. The van der Waals surface area contributed by atoms with E-state index in [4.69, 9.17) is 0 Å². The van der Waals surface area contributed by atoms with E-state index in [1.165, 1.54) is 12.8 Å². The maximum Gasteiger partial charge on any atom is 0.441 e. The monoisotopic (exact) mass is 212 g/mol. The van der Waals surface area contributed by atoms with Crippen LogP contribution in [0, 0.1) is 6.92 Å². The second kappa shape index (κ2) is 5.73. The Bertz CT molecular complexity index is 341. The van der Waals surface area contributed by atoms with Crippen molar-refractivity contribution >= 4 is 0 Å². The zero-order valence-corrected chi connectivity index (χ0v) is 9.82. The minimum Gasteiger partial charge on any atom is -0.296 e. The van der Waals surface area contributed by atoms with Crippen molar-refractivity contribution in [1.29, 1.82) is 0 Å². The predicted octanol–water partition coefficient (Wildman–Crippen LogP) is 2.68. The number of hydrogen-bond acceptors (Lipinski definition) is 3. The Morgan fingerprint density at radius 3 is 2.60 bits per heavy atom. The van der Waals surface area contributed by atoms with E-state index >= 15 is 0 Å². The average molecular weight is 212 g/mol. The molecule has 86 valence electrons. The lowest BCUT2D eigenvalue weighted by molar-refractivity contribution is 0.350. The van der Waals surface area contributed by atoms with Gasteiger partial charge in [0.25, 0.3) is 0 Å². The fourth-order valence-electron chi connectivity index (χ4n) is 1.88. The Hall–Kier alpha value is -1.06. The third kappa shape index (κ3) is 2.94. The van der Waals surface area contributed by atoms with Crippen LogP contribution in [0.5, 0.6) is 0 Å². The van der Waals surface area contributed by atoms with Crippen molar-refractivity contribution in [1.82, 2.24) is 9.72 Å². The van der Waals surface area contributed by atoms with Crippen LogP contribution in [0.1, 0.15) is 57.8 Å². The zero-order chi connectivity index (χ0) is 11.3. The number of hydrogen-bond donors (Lipinski definition) is 0. The maximum atomic E-state index is 11.4. The van der Waals surface area contributed by atoms with Crippen LogP contribution >= 0.6 is 0 Å². The fourth-order valence-corrected chi connectivity index (χ4v) is 1.88. The highest BCUT2D eigenvalue weighted by molar-refractivity contribution is 4.83. The minimum atomic E-state index is -0.323. The second-order valence-corrected chi connectivity index (χ2v) is 3.92. The van der Waals surface area contributed by atoms with E-state index in [1.54, 1.807) is 4.57 Å². The highest BCUT2D eigenvalue weighted by Gasteiger charge is 2.15. The third-order valence-corrected chi connectivity index (χ3v) is 2.78. The Balaban J connectivity index is 2.70. The molecule has 4 nitrogen and oxygen atoms in total. The normalized spacial score (nSPS) is 13.0. The second-order valence-electron chi connectivity index (χ2n) is 3.92. The molecule has 0 radical (unpaired) electrons. The first kappa shape index (κ1) is 12.0. The molecule has 0 spiro atoms. The van der Waals surface area contributed by atoms with E-state index in [1.807, 2.05) is 6.92 Å². The molecule has 1 unspecified atom stereocenters. The molecule has 4 heteroatoms. The molecule has 0 aromatic carbocycles. The molecule has 0 aliphatic carbocycles. The number of nitrogens with zero attached hydrogens (tertiary/aromatic N) is 2. The molecular weight excluding hydrogens is 192 g/mol. The Morgan fingerprint density at radius 2 is 2.13 bits per heavy atom. The van der Waals surface area contributed by atoms with Gasteiger partial charge in [0.15, 0.2) is 5.82 Å². The van der Waals surface area contributed by atoms with E-state index in [9.17, 15) is 4.79 Å². The Kier molecular flexibility index (Phi) is 4.59. The van der Waals surface area contributed by atoms with Crippen LogP contribution in [0.2, 0.25) is 0 Å². The van der Waals surface area contributed by atoms with Crippen LogP contribution in [0.15, 0.2) is 9.32 Å². The summed E-state index contributed by atoms with van der Waals surface area (Å²) in [6, 6.07) is 0.246. The maximum absolute atomic E-state index is 11.4. The number of rotatable bonds is 6.